The predicted octanol–water partition coefficient (Wildman–Crippen LogP) is 19.2. The summed E-state index contributed by atoms with van der Waals surface area (Å²) < 4.78 is 5.28. The lowest BCUT2D eigenvalue weighted by atomic mass is 9.70. The first kappa shape index (κ1) is 39.6. The highest BCUT2D eigenvalue weighted by Gasteiger charge is 2.51. The van der Waals surface area contributed by atoms with Crippen LogP contribution >= 0.6 is 22.7 Å². The average molecular weight is 924 g/mol. The smallest absolute Gasteiger partial charge is 0.0726 e. The fourth-order valence-electron chi connectivity index (χ4n) is 12.0. The molecule has 2 aliphatic carbocycles. The Morgan fingerprint density at radius 2 is 0.643 bits per heavy atom. The summed E-state index contributed by atoms with van der Waals surface area (Å²) >= 11 is 3.74. The van der Waals surface area contributed by atoms with Gasteiger partial charge in [0.15, 0.2) is 0 Å². The van der Waals surface area contributed by atoms with E-state index in [2.05, 4.69) is 254 Å². The molecular weight excluding hydrogens is 883 g/mol. The summed E-state index contributed by atoms with van der Waals surface area (Å²) in [5.41, 5.74) is 20.7. The zero-order valence-corrected chi connectivity index (χ0v) is 39.6. The second-order valence-electron chi connectivity index (χ2n) is 18.8. The summed E-state index contributed by atoms with van der Waals surface area (Å²) in [5.74, 6) is 0. The highest BCUT2D eigenvalue weighted by Crippen LogP contribution is 2.63. The zero-order valence-electron chi connectivity index (χ0n) is 37.9. The summed E-state index contributed by atoms with van der Waals surface area (Å²) in [6.45, 7) is 0. The number of nitrogens with zero attached hydrogens (tertiary/aromatic N) is 1. The number of rotatable bonds is 6. The van der Waals surface area contributed by atoms with E-state index in [1.165, 1.54) is 118 Å². The minimum absolute atomic E-state index is 0.424. The maximum atomic E-state index is 2.48. The average Bonchev–Trinajstić information content (AvgIpc) is 4.16. The van der Waals surface area contributed by atoms with E-state index in [0.29, 0.717) is 0 Å². The highest BCUT2D eigenvalue weighted by atomic mass is 32.1. The minimum Gasteiger partial charge on any atom is -0.310 e. The van der Waals surface area contributed by atoms with Crippen LogP contribution in [0, 0.1) is 0 Å². The second-order valence-corrected chi connectivity index (χ2v) is 20.9. The van der Waals surface area contributed by atoms with Gasteiger partial charge in [-0.25, -0.2) is 0 Å². The van der Waals surface area contributed by atoms with Crippen molar-refractivity contribution in [2.75, 3.05) is 4.90 Å². The number of anilines is 3. The van der Waals surface area contributed by atoms with Crippen LogP contribution in [0.3, 0.4) is 0 Å². The Morgan fingerprint density at radius 3 is 1.19 bits per heavy atom. The predicted molar refractivity (Wildman–Crippen MR) is 300 cm³/mol. The molecule has 326 valence electrons. The number of thiophene rings is 2. The van der Waals surface area contributed by atoms with E-state index in [4.69, 9.17) is 0 Å². The standard InChI is InChI=1S/C67H41NS2/c1-2-14-48(15-3-1)68(50-32-33-54-53-18-6-11-23-61(53)67(62(54)41-50)59-21-9-4-16-51(59)52-17-5-10-22-60(52)67)49-30-26-42(27-31-49)45-36-46(43-28-34-65-57(39-43)55-19-7-12-24-63(55)69-65)38-47(37-45)44-29-35-66-58(40-44)56-20-8-13-25-64(56)70-66/h1-41H. The molecule has 2 heterocycles. The third kappa shape index (κ3) is 5.83. The van der Waals surface area contributed by atoms with Crippen molar-refractivity contribution >= 4 is 80.1 Å². The van der Waals surface area contributed by atoms with Crippen molar-refractivity contribution in [2.24, 2.45) is 0 Å². The van der Waals surface area contributed by atoms with Crippen molar-refractivity contribution < 1.29 is 0 Å². The molecular formula is C67H41NS2. The van der Waals surface area contributed by atoms with Gasteiger partial charge in [-0.15, -0.1) is 22.7 Å². The van der Waals surface area contributed by atoms with Gasteiger partial charge in [0.25, 0.3) is 0 Å². The van der Waals surface area contributed by atoms with E-state index in [1.807, 2.05) is 22.7 Å². The molecule has 0 fully saturated rings. The van der Waals surface area contributed by atoms with Crippen LogP contribution in [0.4, 0.5) is 17.1 Å². The number of benzene rings is 11. The SMILES string of the molecule is c1ccc(N(c2ccc(-c3cc(-c4ccc5sc6ccccc6c5c4)cc(-c4ccc5sc6ccccc6c5c4)c3)cc2)c2ccc3c(c2)C2(c4ccccc4-c4ccccc42)c2ccccc2-3)cc1. The lowest BCUT2D eigenvalue weighted by Gasteiger charge is -2.32. The molecule has 0 saturated heterocycles. The van der Waals surface area contributed by atoms with Gasteiger partial charge in [0, 0.05) is 57.4 Å². The van der Waals surface area contributed by atoms with Gasteiger partial charge >= 0.3 is 0 Å². The lowest BCUT2D eigenvalue weighted by Crippen LogP contribution is -2.26. The normalized spacial score (nSPS) is 13.0. The number of fused-ring (bicyclic) bond motifs is 16. The first-order valence-electron chi connectivity index (χ1n) is 24.1. The Morgan fingerprint density at radius 1 is 0.243 bits per heavy atom. The van der Waals surface area contributed by atoms with Crippen molar-refractivity contribution in [1.29, 1.82) is 0 Å². The molecule has 11 aromatic carbocycles. The quantitative estimate of drug-likeness (QED) is 0.161. The molecule has 13 aromatic rings. The van der Waals surface area contributed by atoms with Gasteiger partial charge in [-0.2, -0.15) is 0 Å². The van der Waals surface area contributed by atoms with Crippen LogP contribution in [-0.4, -0.2) is 0 Å². The Kier molecular flexibility index (Phi) is 8.68. The second kappa shape index (κ2) is 15.3. The molecule has 0 saturated carbocycles. The maximum absolute atomic E-state index is 2.48. The van der Waals surface area contributed by atoms with E-state index < -0.39 is 5.41 Å². The van der Waals surface area contributed by atoms with Gasteiger partial charge < -0.3 is 4.90 Å². The van der Waals surface area contributed by atoms with Crippen LogP contribution in [0.25, 0.3) is 96.0 Å². The molecule has 0 unspecified atom stereocenters. The molecule has 1 nitrogen and oxygen atoms in total. The summed E-state index contributed by atoms with van der Waals surface area (Å²) in [6.07, 6.45) is 0. The number of hydrogen-bond donors (Lipinski definition) is 0. The first-order chi connectivity index (χ1) is 34.7. The van der Waals surface area contributed by atoms with Crippen molar-refractivity contribution in [3.63, 3.8) is 0 Å². The van der Waals surface area contributed by atoms with E-state index in [1.54, 1.807) is 0 Å². The number of hydrogen-bond acceptors (Lipinski definition) is 3. The fourth-order valence-corrected chi connectivity index (χ4v) is 14.2. The van der Waals surface area contributed by atoms with E-state index in [0.717, 1.165) is 17.1 Å². The molecule has 0 radical (unpaired) electrons. The Labute approximate surface area is 414 Å². The van der Waals surface area contributed by atoms with Crippen LogP contribution in [0.2, 0.25) is 0 Å². The first-order valence-corrected chi connectivity index (χ1v) is 25.7. The Balaban J connectivity index is 0.882. The third-order valence-electron chi connectivity index (χ3n) is 15.1. The molecule has 0 bridgehead atoms. The maximum Gasteiger partial charge on any atom is 0.0726 e. The summed E-state index contributed by atoms with van der Waals surface area (Å²) in [6, 6.07) is 93.2. The molecule has 0 aliphatic heterocycles. The molecule has 2 aromatic heterocycles. The minimum atomic E-state index is -0.424. The summed E-state index contributed by atoms with van der Waals surface area (Å²) in [5, 5.41) is 5.25. The monoisotopic (exact) mass is 923 g/mol. The third-order valence-corrected chi connectivity index (χ3v) is 17.4. The van der Waals surface area contributed by atoms with E-state index in [9.17, 15) is 0 Å². The van der Waals surface area contributed by atoms with Crippen LogP contribution < -0.4 is 4.90 Å². The van der Waals surface area contributed by atoms with Gasteiger partial charge in [0.05, 0.1) is 5.41 Å². The fraction of sp³-hybridized carbons (Fsp3) is 0.0149. The Bertz CT molecular complexity index is 4050. The van der Waals surface area contributed by atoms with Crippen LogP contribution in [0.5, 0.6) is 0 Å². The van der Waals surface area contributed by atoms with Crippen molar-refractivity contribution in [3.05, 3.63) is 271 Å². The molecule has 3 heteroatoms. The molecule has 70 heavy (non-hydrogen) atoms. The van der Waals surface area contributed by atoms with Gasteiger partial charge in [0.2, 0.25) is 0 Å². The topological polar surface area (TPSA) is 3.24 Å². The molecule has 1 spiro atoms. The van der Waals surface area contributed by atoms with Crippen molar-refractivity contribution in [3.8, 4) is 55.6 Å². The van der Waals surface area contributed by atoms with Gasteiger partial charge in [-0.1, -0.05) is 158 Å². The van der Waals surface area contributed by atoms with Crippen molar-refractivity contribution in [1.82, 2.24) is 0 Å². The lowest BCUT2D eigenvalue weighted by molar-refractivity contribution is 0.793. The summed E-state index contributed by atoms with van der Waals surface area (Å²) in [4.78, 5) is 2.43. The largest absolute Gasteiger partial charge is 0.310 e. The van der Waals surface area contributed by atoms with Crippen LogP contribution in [0.1, 0.15) is 22.3 Å². The molecule has 0 amide bonds. The van der Waals surface area contributed by atoms with Gasteiger partial charge in [-0.3, -0.25) is 0 Å². The van der Waals surface area contributed by atoms with E-state index >= 15 is 0 Å². The molecule has 0 atom stereocenters. The number of para-hydroxylation sites is 1. The zero-order chi connectivity index (χ0) is 45.9. The van der Waals surface area contributed by atoms with Gasteiger partial charge in [-0.05, 0) is 169 Å². The highest BCUT2D eigenvalue weighted by molar-refractivity contribution is 7.26. The summed E-state index contributed by atoms with van der Waals surface area (Å²) in [7, 11) is 0. The van der Waals surface area contributed by atoms with Crippen molar-refractivity contribution in [2.45, 2.75) is 5.41 Å². The van der Waals surface area contributed by atoms with E-state index in [-0.39, 0.29) is 0 Å². The van der Waals surface area contributed by atoms with Crippen LogP contribution in [0.15, 0.2) is 249 Å². The van der Waals surface area contributed by atoms with Crippen LogP contribution in [-0.2, 0) is 5.41 Å². The molecule has 2 aliphatic rings. The molecule has 0 N–H and O–H groups in total. The molecule has 15 rings (SSSR count). The van der Waals surface area contributed by atoms with Gasteiger partial charge in [0.1, 0.15) is 0 Å². The Hall–Kier alpha value is -8.34.